The minimum Gasteiger partial charge on any atom is -0.480 e. The summed E-state index contributed by atoms with van der Waals surface area (Å²) in [6, 6.07) is -0.783. The van der Waals surface area contributed by atoms with E-state index in [9.17, 15) is 14.7 Å². The molecule has 1 aromatic rings. The smallest absolute Gasteiger partial charge is 0.326 e. The first-order valence-corrected chi connectivity index (χ1v) is 7.89. The van der Waals surface area contributed by atoms with Gasteiger partial charge in [-0.3, -0.25) is 9.36 Å². The highest BCUT2D eigenvalue weighted by molar-refractivity contribution is 5.72. The van der Waals surface area contributed by atoms with Gasteiger partial charge in [0.15, 0.2) is 0 Å². The summed E-state index contributed by atoms with van der Waals surface area (Å²) in [5, 5.41) is 9.30. The molecule has 1 aliphatic rings. The number of aryl methyl sites for hydroxylation is 1. The molecule has 0 saturated heterocycles. The number of carbonyl (C=O) groups is 1. The van der Waals surface area contributed by atoms with Crippen LogP contribution in [0.5, 0.6) is 0 Å². The van der Waals surface area contributed by atoms with Crippen molar-refractivity contribution in [3.8, 4) is 0 Å². The van der Waals surface area contributed by atoms with Crippen LogP contribution in [0.15, 0.2) is 11.0 Å². The van der Waals surface area contributed by atoms with E-state index in [-0.39, 0.29) is 5.56 Å². The fourth-order valence-electron chi connectivity index (χ4n) is 3.00. The first-order chi connectivity index (χ1) is 10.3. The number of anilines is 1. The van der Waals surface area contributed by atoms with Crippen LogP contribution in [-0.4, -0.2) is 33.7 Å². The molecule has 0 radical (unpaired) electrons. The standard InChI is InChI=1S/C16H25N3O3/c1-10(2)8-18(9-11(3)4)13-7-17-14-6-5-12(16(21)22)19(14)15(13)20/h7,10-12H,5-6,8-9H2,1-4H3,(H,21,22)/t12-/m0/s1. The molecule has 0 saturated carbocycles. The van der Waals surface area contributed by atoms with Crippen LogP contribution in [0, 0.1) is 11.8 Å². The molecule has 6 nitrogen and oxygen atoms in total. The highest BCUT2D eigenvalue weighted by atomic mass is 16.4. The van der Waals surface area contributed by atoms with Crippen molar-refractivity contribution in [1.82, 2.24) is 9.55 Å². The number of hydrogen-bond donors (Lipinski definition) is 1. The maximum Gasteiger partial charge on any atom is 0.326 e. The lowest BCUT2D eigenvalue weighted by molar-refractivity contribution is -0.140. The van der Waals surface area contributed by atoms with Crippen LogP contribution in [-0.2, 0) is 11.2 Å². The van der Waals surface area contributed by atoms with Gasteiger partial charge in [-0.25, -0.2) is 9.78 Å². The van der Waals surface area contributed by atoms with Crippen molar-refractivity contribution in [3.05, 3.63) is 22.4 Å². The van der Waals surface area contributed by atoms with E-state index >= 15 is 0 Å². The number of hydrogen-bond acceptors (Lipinski definition) is 4. The number of nitrogens with zero attached hydrogens (tertiary/aromatic N) is 3. The SMILES string of the molecule is CC(C)CN(CC(C)C)c1cnc2n(c1=O)[C@H](C(=O)O)CC2. The molecule has 1 atom stereocenters. The van der Waals surface area contributed by atoms with Crippen molar-refractivity contribution < 1.29 is 9.90 Å². The summed E-state index contributed by atoms with van der Waals surface area (Å²) in [5.41, 5.74) is 0.288. The molecule has 0 aliphatic carbocycles. The quantitative estimate of drug-likeness (QED) is 0.869. The normalized spacial score (nSPS) is 17.1. The lowest BCUT2D eigenvalue weighted by Gasteiger charge is -2.28. The van der Waals surface area contributed by atoms with Crippen molar-refractivity contribution in [2.45, 2.75) is 46.6 Å². The first-order valence-electron chi connectivity index (χ1n) is 7.89. The zero-order chi connectivity index (χ0) is 16.4. The van der Waals surface area contributed by atoms with Crippen LogP contribution >= 0.6 is 0 Å². The molecular formula is C16H25N3O3. The molecule has 0 unspecified atom stereocenters. The predicted octanol–water partition coefficient (Wildman–Crippen LogP) is 1.93. The fraction of sp³-hybridized carbons (Fsp3) is 0.688. The number of rotatable bonds is 6. The second-order valence-corrected chi connectivity index (χ2v) is 6.82. The minimum atomic E-state index is -0.959. The van der Waals surface area contributed by atoms with Gasteiger partial charge in [-0.15, -0.1) is 0 Å². The monoisotopic (exact) mass is 307 g/mol. The van der Waals surface area contributed by atoms with Gasteiger partial charge < -0.3 is 10.0 Å². The molecule has 122 valence electrons. The summed E-state index contributed by atoms with van der Waals surface area (Å²) in [5.74, 6) is 0.438. The van der Waals surface area contributed by atoms with Crippen LogP contribution in [0.1, 0.15) is 46.0 Å². The van der Waals surface area contributed by atoms with Gasteiger partial charge in [-0.2, -0.15) is 0 Å². The highest BCUT2D eigenvalue weighted by Gasteiger charge is 2.31. The van der Waals surface area contributed by atoms with Gasteiger partial charge in [0.1, 0.15) is 17.6 Å². The Morgan fingerprint density at radius 2 is 1.95 bits per heavy atom. The summed E-state index contributed by atoms with van der Waals surface area (Å²) >= 11 is 0. The Balaban J connectivity index is 2.45. The van der Waals surface area contributed by atoms with Crippen molar-refractivity contribution in [2.24, 2.45) is 11.8 Å². The summed E-state index contributed by atoms with van der Waals surface area (Å²) in [6.07, 6.45) is 2.60. The maximum absolute atomic E-state index is 12.8. The third kappa shape index (κ3) is 3.31. The molecule has 22 heavy (non-hydrogen) atoms. The topological polar surface area (TPSA) is 75.4 Å². The Labute approximate surface area is 130 Å². The van der Waals surface area contributed by atoms with Gasteiger partial charge in [0.25, 0.3) is 5.56 Å². The van der Waals surface area contributed by atoms with Gasteiger partial charge in [0.2, 0.25) is 0 Å². The zero-order valence-electron chi connectivity index (χ0n) is 13.7. The van der Waals surface area contributed by atoms with Crippen molar-refractivity contribution in [1.29, 1.82) is 0 Å². The van der Waals surface area contributed by atoms with Crippen LogP contribution in [0.2, 0.25) is 0 Å². The van der Waals surface area contributed by atoms with E-state index in [0.29, 0.717) is 36.2 Å². The van der Waals surface area contributed by atoms with E-state index in [1.807, 2.05) is 4.90 Å². The number of aromatic nitrogens is 2. The molecule has 0 fully saturated rings. The van der Waals surface area contributed by atoms with Gasteiger partial charge in [0.05, 0.1) is 6.20 Å². The number of fused-ring (bicyclic) bond motifs is 1. The maximum atomic E-state index is 12.8. The van der Waals surface area contributed by atoms with Crippen LogP contribution in [0.25, 0.3) is 0 Å². The van der Waals surface area contributed by atoms with Crippen LogP contribution in [0.3, 0.4) is 0 Å². The first kappa shape index (κ1) is 16.5. The molecule has 1 N–H and O–H groups in total. The second-order valence-electron chi connectivity index (χ2n) is 6.82. The Kier molecular flexibility index (Phi) is 4.88. The molecule has 0 amide bonds. The van der Waals surface area contributed by atoms with Crippen molar-refractivity contribution in [2.75, 3.05) is 18.0 Å². The van der Waals surface area contributed by atoms with Gasteiger partial charge >= 0.3 is 5.97 Å². The van der Waals surface area contributed by atoms with Gasteiger partial charge in [0, 0.05) is 19.5 Å². The van der Waals surface area contributed by atoms with Crippen molar-refractivity contribution >= 4 is 11.7 Å². The van der Waals surface area contributed by atoms with Crippen LogP contribution < -0.4 is 10.5 Å². The fourth-order valence-corrected chi connectivity index (χ4v) is 3.00. The molecule has 1 aliphatic heterocycles. The lowest BCUT2D eigenvalue weighted by Crippen LogP contribution is -2.38. The zero-order valence-corrected chi connectivity index (χ0v) is 13.7. The second kappa shape index (κ2) is 6.50. The minimum absolute atomic E-state index is 0.226. The Morgan fingerprint density at radius 3 is 2.45 bits per heavy atom. The molecule has 6 heteroatoms. The molecule has 2 rings (SSSR count). The van der Waals surface area contributed by atoms with E-state index in [2.05, 4.69) is 32.7 Å². The third-order valence-corrected chi connectivity index (χ3v) is 3.80. The molecule has 0 spiro atoms. The molecule has 2 heterocycles. The van der Waals surface area contributed by atoms with E-state index in [4.69, 9.17) is 0 Å². The molecule has 1 aromatic heterocycles. The van der Waals surface area contributed by atoms with Crippen LogP contribution in [0.4, 0.5) is 5.69 Å². The third-order valence-electron chi connectivity index (χ3n) is 3.80. The Morgan fingerprint density at radius 1 is 1.36 bits per heavy atom. The number of carboxylic acid groups (broad SMARTS) is 1. The number of aliphatic carboxylic acids is 1. The summed E-state index contributed by atoms with van der Waals surface area (Å²) in [6.45, 7) is 9.92. The van der Waals surface area contributed by atoms with E-state index in [1.54, 1.807) is 6.20 Å². The van der Waals surface area contributed by atoms with E-state index < -0.39 is 12.0 Å². The Bertz CT molecular complexity index is 597. The van der Waals surface area contributed by atoms with E-state index in [0.717, 1.165) is 13.1 Å². The molecule has 0 bridgehead atoms. The molecule has 0 aromatic carbocycles. The van der Waals surface area contributed by atoms with E-state index in [1.165, 1.54) is 4.57 Å². The predicted molar refractivity (Wildman–Crippen MR) is 85.4 cm³/mol. The lowest BCUT2D eigenvalue weighted by atomic mass is 10.1. The van der Waals surface area contributed by atoms with Gasteiger partial charge in [-0.1, -0.05) is 27.7 Å². The van der Waals surface area contributed by atoms with Crippen molar-refractivity contribution in [3.63, 3.8) is 0 Å². The summed E-state index contributed by atoms with van der Waals surface area (Å²) in [4.78, 5) is 30.5. The average molecular weight is 307 g/mol. The van der Waals surface area contributed by atoms with Gasteiger partial charge in [-0.05, 0) is 18.3 Å². The highest BCUT2D eigenvalue weighted by Crippen LogP contribution is 2.24. The molecular weight excluding hydrogens is 282 g/mol. The number of carboxylic acids is 1. The summed E-state index contributed by atoms with van der Waals surface area (Å²) < 4.78 is 1.37. The summed E-state index contributed by atoms with van der Waals surface area (Å²) in [7, 11) is 0. The average Bonchev–Trinajstić information content (AvgIpc) is 2.82. The Hall–Kier alpha value is -1.85. The largest absolute Gasteiger partial charge is 0.480 e.